The van der Waals surface area contributed by atoms with Gasteiger partial charge in [-0.1, -0.05) is 12.1 Å². The molecule has 148 valence electrons. The lowest BCUT2D eigenvalue weighted by atomic mass is 10.0. The topological polar surface area (TPSA) is 58.7 Å². The number of aromatic nitrogens is 2. The highest BCUT2D eigenvalue weighted by Crippen LogP contribution is 2.30. The van der Waals surface area contributed by atoms with Crippen LogP contribution in [0.5, 0.6) is 0 Å². The van der Waals surface area contributed by atoms with Gasteiger partial charge in [0.1, 0.15) is 5.56 Å². The van der Waals surface area contributed by atoms with Crippen molar-refractivity contribution in [3.63, 3.8) is 0 Å². The summed E-state index contributed by atoms with van der Waals surface area (Å²) in [5, 5.41) is 9.35. The number of hydrogen-bond donors (Lipinski definition) is 0. The van der Waals surface area contributed by atoms with Gasteiger partial charge in [0.05, 0.1) is 23.3 Å². The summed E-state index contributed by atoms with van der Waals surface area (Å²) in [6.07, 6.45) is 3.86. The van der Waals surface area contributed by atoms with Crippen molar-refractivity contribution in [3.8, 4) is 17.2 Å². The van der Waals surface area contributed by atoms with Gasteiger partial charge >= 0.3 is 0 Å². The van der Waals surface area contributed by atoms with E-state index < -0.39 is 40.6 Å². The van der Waals surface area contributed by atoms with Crippen molar-refractivity contribution >= 4 is 16.8 Å². The second-order valence-corrected chi connectivity index (χ2v) is 6.24. The van der Waals surface area contributed by atoms with E-state index in [4.69, 9.17) is 5.26 Å². The van der Waals surface area contributed by atoms with E-state index in [-0.39, 0.29) is 5.52 Å². The molecule has 0 saturated carbocycles. The van der Waals surface area contributed by atoms with E-state index in [9.17, 15) is 26.7 Å². The van der Waals surface area contributed by atoms with Crippen molar-refractivity contribution < 1.29 is 26.7 Å². The molecule has 0 radical (unpaired) electrons. The van der Waals surface area contributed by atoms with E-state index in [1.807, 2.05) is 6.07 Å². The molecule has 4 aromatic rings. The van der Waals surface area contributed by atoms with Crippen molar-refractivity contribution in [2.75, 3.05) is 0 Å². The maximum atomic E-state index is 14.1. The molecule has 2 aromatic carbocycles. The molecule has 0 atom stereocenters. The lowest BCUT2D eigenvalue weighted by molar-refractivity contribution is 0.0953. The molecule has 2 heterocycles. The summed E-state index contributed by atoms with van der Waals surface area (Å²) in [4.78, 5) is 16.7. The van der Waals surface area contributed by atoms with Crippen LogP contribution in [0, 0.1) is 40.4 Å². The van der Waals surface area contributed by atoms with Gasteiger partial charge in [-0.25, -0.2) is 22.0 Å². The molecule has 0 unspecified atom stereocenters. The lowest BCUT2D eigenvalue weighted by Crippen LogP contribution is -2.18. The third-order valence-corrected chi connectivity index (χ3v) is 4.58. The number of nitrogens with zero attached hydrogens (tertiary/aromatic N) is 3. The largest absolute Gasteiger partial charge is 0.281 e. The predicted octanol–water partition coefficient (Wildman–Crippen LogP) is 4.96. The minimum atomic E-state index is -2.34. The summed E-state index contributed by atoms with van der Waals surface area (Å²) in [7, 11) is 0. The summed E-state index contributed by atoms with van der Waals surface area (Å²) >= 11 is 0. The first kappa shape index (κ1) is 19.3. The predicted molar refractivity (Wildman–Crippen MR) is 95.8 cm³/mol. The normalized spacial score (nSPS) is 10.9. The minimum Gasteiger partial charge on any atom is -0.281 e. The number of halogens is 5. The Morgan fingerprint density at radius 1 is 0.867 bits per heavy atom. The van der Waals surface area contributed by atoms with Gasteiger partial charge in [0.2, 0.25) is 5.82 Å². The Bertz CT molecular complexity index is 1340. The first-order valence-electron chi connectivity index (χ1n) is 8.37. The molecule has 0 saturated heterocycles. The molecule has 9 heteroatoms. The molecule has 4 nitrogen and oxygen atoms in total. The third-order valence-electron chi connectivity index (χ3n) is 4.58. The van der Waals surface area contributed by atoms with Gasteiger partial charge < -0.3 is 0 Å². The Labute approximate surface area is 165 Å². The molecule has 30 heavy (non-hydrogen) atoms. The fourth-order valence-corrected chi connectivity index (χ4v) is 3.10. The zero-order valence-corrected chi connectivity index (χ0v) is 14.8. The van der Waals surface area contributed by atoms with E-state index in [1.54, 1.807) is 24.3 Å². The number of carbonyl (C=O) groups excluding carboxylic acids is 1. The van der Waals surface area contributed by atoms with E-state index in [1.165, 1.54) is 18.5 Å². The molecule has 0 aliphatic carbocycles. The molecule has 2 aromatic heterocycles. The molecular formula is C21H8F5N3O. The number of carbonyl (C=O) groups is 1. The van der Waals surface area contributed by atoms with E-state index in [0.29, 0.717) is 22.1 Å². The molecule has 0 spiro atoms. The Kier molecular flexibility index (Phi) is 4.54. The van der Waals surface area contributed by atoms with Crippen molar-refractivity contribution in [3.05, 3.63) is 89.1 Å². The van der Waals surface area contributed by atoms with Crippen LogP contribution in [0.1, 0.15) is 15.9 Å². The third kappa shape index (κ3) is 2.81. The van der Waals surface area contributed by atoms with Gasteiger partial charge in [-0.3, -0.25) is 14.3 Å². The average Bonchev–Trinajstić information content (AvgIpc) is 3.21. The van der Waals surface area contributed by atoms with Gasteiger partial charge in [-0.2, -0.15) is 5.26 Å². The molecule has 0 aliphatic rings. The number of fused-ring (bicyclic) bond motifs is 1. The van der Waals surface area contributed by atoms with Crippen LogP contribution >= 0.6 is 0 Å². The molecule has 0 bridgehead atoms. The van der Waals surface area contributed by atoms with Gasteiger partial charge in [0.25, 0.3) is 5.91 Å². The van der Waals surface area contributed by atoms with Crippen LogP contribution < -0.4 is 0 Å². The zero-order valence-electron chi connectivity index (χ0n) is 14.8. The second kappa shape index (κ2) is 7.08. The molecule has 0 aliphatic heterocycles. The van der Waals surface area contributed by atoms with Crippen molar-refractivity contribution in [1.29, 1.82) is 5.26 Å². The van der Waals surface area contributed by atoms with Crippen molar-refractivity contribution in [2.45, 2.75) is 0 Å². The van der Waals surface area contributed by atoms with Gasteiger partial charge in [-0.15, -0.1) is 0 Å². The highest BCUT2D eigenvalue weighted by molar-refractivity contribution is 6.05. The van der Waals surface area contributed by atoms with E-state index in [2.05, 4.69) is 4.98 Å². The Morgan fingerprint density at radius 3 is 2.07 bits per heavy atom. The van der Waals surface area contributed by atoms with Crippen LogP contribution in [0.4, 0.5) is 22.0 Å². The Morgan fingerprint density at radius 2 is 1.47 bits per heavy atom. The van der Waals surface area contributed by atoms with Crippen LogP contribution in [-0.4, -0.2) is 15.5 Å². The highest BCUT2D eigenvalue weighted by Gasteiger charge is 2.31. The van der Waals surface area contributed by atoms with Crippen LogP contribution in [-0.2, 0) is 0 Å². The van der Waals surface area contributed by atoms with E-state index in [0.717, 1.165) is 10.8 Å². The fraction of sp³-hybridized carbons (Fsp3) is 0. The average molecular weight is 413 g/mol. The van der Waals surface area contributed by atoms with Crippen molar-refractivity contribution in [1.82, 2.24) is 9.55 Å². The lowest BCUT2D eigenvalue weighted by Gasteiger charge is -2.09. The summed E-state index contributed by atoms with van der Waals surface area (Å²) in [6.45, 7) is 0. The summed E-state index contributed by atoms with van der Waals surface area (Å²) in [5.74, 6) is -12.6. The summed E-state index contributed by atoms with van der Waals surface area (Å²) in [6, 6.07) is 9.88. The van der Waals surface area contributed by atoms with Crippen molar-refractivity contribution in [2.24, 2.45) is 0 Å². The summed E-state index contributed by atoms with van der Waals surface area (Å²) < 4.78 is 69.2. The maximum absolute atomic E-state index is 14.1. The van der Waals surface area contributed by atoms with Gasteiger partial charge in [-0.05, 0) is 23.8 Å². The Hall–Kier alpha value is -4.06. The molecule has 0 fully saturated rings. The van der Waals surface area contributed by atoms with Crippen LogP contribution in [0.15, 0.2) is 48.9 Å². The maximum Gasteiger partial charge on any atom is 0.268 e. The standard InChI is InChI=1S/C21H8F5N3O/c22-16-15(17(23)19(25)20(26)18(16)24)21(30)29-6-5-12-13(8-28-9-14(12)29)11-3-1-10(7-27)2-4-11/h1-6,8-9H. The van der Waals surface area contributed by atoms with E-state index >= 15 is 0 Å². The molecular weight excluding hydrogens is 405 g/mol. The fourth-order valence-electron chi connectivity index (χ4n) is 3.10. The number of rotatable bonds is 2. The minimum absolute atomic E-state index is 0.103. The van der Waals surface area contributed by atoms with Gasteiger partial charge in [0.15, 0.2) is 23.3 Å². The first-order chi connectivity index (χ1) is 14.3. The molecule has 4 rings (SSSR count). The second-order valence-electron chi connectivity index (χ2n) is 6.24. The highest BCUT2D eigenvalue weighted by atomic mass is 19.2. The number of benzene rings is 2. The summed E-state index contributed by atoms with van der Waals surface area (Å²) in [5.41, 5.74) is 0.158. The number of hydrogen-bond acceptors (Lipinski definition) is 3. The Balaban J connectivity index is 1.88. The van der Waals surface area contributed by atoms with Crippen LogP contribution in [0.3, 0.4) is 0 Å². The number of pyridine rings is 1. The monoisotopic (exact) mass is 413 g/mol. The quantitative estimate of drug-likeness (QED) is 0.265. The molecule has 0 amide bonds. The number of nitriles is 1. The van der Waals surface area contributed by atoms with Crippen LogP contribution in [0.2, 0.25) is 0 Å². The van der Waals surface area contributed by atoms with Crippen LogP contribution in [0.25, 0.3) is 22.0 Å². The first-order valence-corrected chi connectivity index (χ1v) is 8.37. The SMILES string of the molecule is N#Cc1ccc(-c2cncc3c2ccn3C(=O)c2c(F)c(F)c(F)c(F)c2F)cc1. The molecule has 0 N–H and O–H groups in total. The van der Waals surface area contributed by atoms with Gasteiger partial charge in [0, 0.05) is 23.3 Å². The zero-order chi connectivity index (χ0) is 21.6. The smallest absolute Gasteiger partial charge is 0.268 e.